The van der Waals surface area contributed by atoms with Gasteiger partial charge in [0.15, 0.2) is 0 Å². The van der Waals surface area contributed by atoms with Crippen LogP contribution in [0.5, 0.6) is 0 Å². The Morgan fingerprint density at radius 1 is 1.12 bits per heavy atom. The third-order valence-corrected chi connectivity index (χ3v) is 6.38. The van der Waals surface area contributed by atoms with Gasteiger partial charge in [0.05, 0.1) is 33.3 Å². The minimum atomic E-state index is -0.493. The number of Topliss-reactive ketones (excluding diaryl/α,β-unsaturated/α-hetero) is 1. The maximum atomic E-state index is 13.3. The van der Waals surface area contributed by atoms with Crippen molar-refractivity contribution in [2.24, 2.45) is 11.3 Å². The highest BCUT2D eigenvalue weighted by Crippen LogP contribution is 2.46. The molecule has 168 valence electrons. The Bertz CT molecular complexity index is 1310. The molecule has 2 unspecified atom stereocenters. The first-order valence-corrected chi connectivity index (χ1v) is 11.0. The van der Waals surface area contributed by atoms with Crippen molar-refractivity contribution in [3.8, 4) is 11.3 Å². The van der Waals surface area contributed by atoms with E-state index < -0.39 is 16.9 Å². The molecule has 3 aromatic rings. The fourth-order valence-electron chi connectivity index (χ4n) is 4.62. The lowest BCUT2D eigenvalue weighted by Crippen LogP contribution is -2.36. The molecule has 0 saturated heterocycles. The molecule has 1 aliphatic carbocycles. The first-order valence-electron chi connectivity index (χ1n) is 10.6. The summed E-state index contributed by atoms with van der Waals surface area (Å²) in [5.41, 5.74) is 2.83. The second-order valence-corrected chi connectivity index (χ2v) is 9.53. The van der Waals surface area contributed by atoms with Gasteiger partial charge in [-0.05, 0) is 35.7 Å². The van der Waals surface area contributed by atoms with Crippen LogP contribution in [0.3, 0.4) is 0 Å². The van der Waals surface area contributed by atoms with Crippen LogP contribution >= 0.6 is 11.6 Å². The van der Waals surface area contributed by atoms with Crippen LogP contribution in [0.2, 0.25) is 5.02 Å². The van der Waals surface area contributed by atoms with Crippen LogP contribution in [0.15, 0.2) is 70.8 Å². The zero-order chi connectivity index (χ0) is 23.3. The number of nitrogens with one attached hydrogen (secondary N) is 2. The summed E-state index contributed by atoms with van der Waals surface area (Å²) < 4.78 is 6.19. The van der Waals surface area contributed by atoms with E-state index in [-0.39, 0.29) is 21.9 Å². The van der Waals surface area contributed by atoms with Gasteiger partial charge < -0.3 is 15.1 Å². The first kappa shape index (κ1) is 21.3. The van der Waals surface area contributed by atoms with Gasteiger partial charge in [-0.3, -0.25) is 14.9 Å². The van der Waals surface area contributed by atoms with Crippen LogP contribution in [-0.2, 0) is 4.79 Å². The van der Waals surface area contributed by atoms with Crippen molar-refractivity contribution in [1.29, 1.82) is 0 Å². The Labute approximate surface area is 195 Å². The molecule has 1 aromatic heterocycles. The summed E-state index contributed by atoms with van der Waals surface area (Å²) in [6.45, 7) is 4.10. The number of halogens is 1. The zero-order valence-corrected chi connectivity index (χ0v) is 18.8. The van der Waals surface area contributed by atoms with Gasteiger partial charge in [-0.25, -0.2) is 0 Å². The number of carbonyl (C=O) groups is 1. The molecule has 7 nitrogen and oxygen atoms in total. The normalized spacial score (nSPS) is 21.1. The van der Waals surface area contributed by atoms with Crippen molar-refractivity contribution in [3.63, 3.8) is 0 Å². The highest BCUT2D eigenvalue weighted by Gasteiger charge is 2.42. The van der Waals surface area contributed by atoms with Crippen LogP contribution in [0.1, 0.15) is 32.1 Å². The maximum absolute atomic E-state index is 13.3. The summed E-state index contributed by atoms with van der Waals surface area (Å²) in [6, 6.07) is 15.2. The summed E-state index contributed by atoms with van der Waals surface area (Å²) in [6.07, 6.45) is 2.56. The molecule has 2 aliphatic rings. The third kappa shape index (κ3) is 3.89. The van der Waals surface area contributed by atoms with E-state index in [0.29, 0.717) is 23.5 Å². The summed E-state index contributed by atoms with van der Waals surface area (Å²) in [7, 11) is 0. The van der Waals surface area contributed by atoms with Gasteiger partial charge in [0.1, 0.15) is 17.3 Å². The predicted molar refractivity (Wildman–Crippen MR) is 127 cm³/mol. The molecule has 0 fully saturated rings. The molecule has 8 heteroatoms. The summed E-state index contributed by atoms with van der Waals surface area (Å²) >= 11 is 6.31. The molecule has 0 saturated carbocycles. The molecular weight excluding hydrogens is 442 g/mol. The molecule has 2 atom stereocenters. The molecule has 33 heavy (non-hydrogen) atoms. The van der Waals surface area contributed by atoms with E-state index in [9.17, 15) is 14.9 Å². The van der Waals surface area contributed by atoms with E-state index in [4.69, 9.17) is 16.0 Å². The molecule has 0 bridgehead atoms. The van der Waals surface area contributed by atoms with Gasteiger partial charge in [0, 0.05) is 29.8 Å². The standard InChI is InChI=1S/C25H22ClN3O4/c1-25(2)12-19-23(20(30)13-25)24(28-18-6-4-3-5-17(18)27-19)22-10-9-21(33-22)15-8-7-14(29(31)32)11-16(15)26/h3-12,23-24,27-28H,13H2,1-2H3. The molecular formula is C25H22ClN3O4. The number of carbonyl (C=O) groups excluding carboxylic acids is 1. The van der Waals surface area contributed by atoms with Crippen LogP contribution < -0.4 is 10.6 Å². The van der Waals surface area contributed by atoms with E-state index in [1.165, 1.54) is 12.1 Å². The van der Waals surface area contributed by atoms with Gasteiger partial charge in [0.2, 0.25) is 0 Å². The fraction of sp³-hybridized carbons (Fsp3) is 0.240. The number of allylic oxidation sites excluding steroid dienone is 1. The predicted octanol–water partition coefficient (Wildman–Crippen LogP) is 6.59. The van der Waals surface area contributed by atoms with Crippen molar-refractivity contribution in [2.75, 3.05) is 10.6 Å². The number of nitro benzene ring substituents is 1. The van der Waals surface area contributed by atoms with E-state index in [0.717, 1.165) is 17.1 Å². The second kappa shape index (κ2) is 7.78. The summed E-state index contributed by atoms with van der Waals surface area (Å²) in [5, 5.41) is 18.2. The van der Waals surface area contributed by atoms with E-state index in [1.807, 2.05) is 30.3 Å². The lowest BCUT2D eigenvalue weighted by molar-refractivity contribution is -0.384. The number of anilines is 2. The van der Waals surface area contributed by atoms with Crippen molar-refractivity contribution < 1.29 is 14.1 Å². The number of para-hydroxylation sites is 2. The zero-order valence-electron chi connectivity index (χ0n) is 18.1. The highest BCUT2D eigenvalue weighted by molar-refractivity contribution is 6.33. The maximum Gasteiger partial charge on any atom is 0.270 e. The van der Waals surface area contributed by atoms with Gasteiger partial charge in [-0.2, -0.15) is 0 Å². The van der Waals surface area contributed by atoms with Crippen LogP contribution in [0.4, 0.5) is 17.1 Å². The van der Waals surface area contributed by atoms with E-state index in [1.54, 1.807) is 12.1 Å². The smallest absolute Gasteiger partial charge is 0.270 e. The van der Waals surface area contributed by atoms with Crippen LogP contribution in [0.25, 0.3) is 11.3 Å². The molecule has 1 aliphatic heterocycles. The number of non-ortho nitro benzene ring substituents is 1. The molecule has 2 aromatic carbocycles. The number of hydrogen-bond donors (Lipinski definition) is 2. The Morgan fingerprint density at radius 2 is 1.88 bits per heavy atom. The minimum absolute atomic E-state index is 0.0890. The average Bonchev–Trinajstić information content (AvgIpc) is 3.16. The lowest BCUT2D eigenvalue weighted by Gasteiger charge is -2.34. The van der Waals surface area contributed by atoms with Gasteiger partial charge in [-0.15, -0.1) is 0 Å². The number of furan rings is 1. The molecule has 2 N–H and O–H groups in total. The number of nitrogens with zero attached hydrogens (tertiary/aromatic N) is 1. The SMILES string of the molecule is CC1(C)C=C2Nc3ccccc3NC(c3ccc(-c4ccc([N+](=O)[O-])cc4Cl)o3)C2C(=O)C1. The summed E-state index contributed by atoms with van der Waals surface area (Å²) in [4.78, 5) is 23.9. The Morgan fingerprint density at radius 3 is 2.61 bits per heavy atom. The van der Waals surface area contributed by atoms with Crippen molar-refractivity contribution in [1.82, 2.24) is 0 Å². The number of ketones is 1. The van der Waals surface area contributed by atoms with Crippen molar-refractivity contribution in [2.45, 2.75) is 26.3 Å². The molecule has 0 amide bonds. The topological polar surface area (TPSA) is 97.4 Å². The van der Waals surface area contributed by atoms with Crippen LogP contribution in [-0.4, -0.2) is 10.7 Å². The molecule has 2 heterocycles. The lowest BCUT2D eigenvalue weighted by atomic mass is 9.73. The second-order valence-electron chi connectivity index (χ2n) is 9.12. The molecule has 0 spiro atoms. The fourth-order valence-corrected chi connectivity index (χ4v) is 4.88. The number of hydrogen-bond acceptors (Lipinski definition) is 6. The third-order valence-electron chi connectivity index (χ3n) is 6.07. The van der Waals surface area contributed by atoms with E-state index >= 15 is 0 Å². The van der Waals surface area contributed by atoms with E-state index in [2.05, 4.69) is 30.6 Å². The number of benzene rings is 2. The number of fused-ring (bicyclic) bond motifs is 2. The van der Waals surface area contributed by atoms with Gasteiger partial charge >= 0.3 is 0 Å². The molecule has 5 rings (SSSR count). The quantitative estimate of drug-likeness (QED) is 0.336. The first-order chi connectivity index (χ1) is 15.7. The number of nitro groups is 1. The van der Waals surface area contributed by atoms with Crippen molar-refractivity contribution in [3.05, 3.63) is 87.3 Å². The Kier molecular flexibility index (Phi) is 5.01. The largest absolute Gasteiger partial charge is 0.459 e. The van der Waals surface area contributed by atoms with Gasteiger partial charge in [-0.1, -0.05) is 43.7 Å². The van der Waals surface area contributed by atoms with Crippen molar-refractivity contribution >= 4 is 34.4 Å². The number of rotatable bonds is 3. The highest BCUT2D eigenvalue weighted by atomic mass is 35.5. The Balaban J connectivity index is 1.58. The van der Waals surface area contributed by atoms with Gasteiger partial charge in [0.25, 0.3) is 5.69 Å². The minimum Gasteiger partial charge on any atom is -0.459 e. The molecule has 0 radical (unpaired) electrons. The Hall–Kier alpha value is -3.58. The summed E-state index contributed by atoms with van der Waals surface area (Å²) in [5.74, 6) is 0.742. The monoisotopic (exact) mass is 463 g/mol. The van der Waals surface area contributed by atoms with Crippen LogP contribution in [0, 0.1) is 21.4 Å². The average molecular weight is 464 g/mol.